The highest BCUT2D eigenvalue weighted by Crippen LogP contribution is 2.13. The zero-order chi connectivity index (χ0) is 9.84. The van der Waals surface area contributed by atoms with E-state index in [1.807, 2.05) is 20.8 Å². The Kier molecular flexibility index (Phi) is 3.42. The van der Waals surface area contributed by atoms with Crippen molar-refractivity contribution >= 4 is 17.2 Å². The van der Waals surface area contributed by atoms with E-state index in [0.29, 0.717) is 5.69 Å². The van der Waals surface area contributed by atoms with Gasteiger partial charge in [-0.25, -0.2) is 4.98 Å². The first kappa shape index (κ1) is 10.2. The van der Waals surface area contributed by atoms with E-state index in [9.17, 15) is 4.79 Å². The molecule has 1 heterocycles. The Morgan fingerprint density at radius 3 is 2.54 bits per heavy atom. The van der Waals surface area contributed by atoms with Crippen LogP contribution in [0.3, 0.4) is 0 Å². The Morgan fingerprint density at radius 1 is 1.54 bits per heavy atom. The Hall–Kier alpha value is -0.900. The molecule has 0 saturated carbocycles. The van der Waals surface area contributed by atoms with Crippen LogP contribution in [0, 0.1) is 6.92 Å². The molecule has 1 amide bonds. The van der Waals surface area contributed by atoms with Gasteiger partial charge in [0.25, 0.3) is 5.91 Å². The third-order valence-corrected chi connectivity index (χ3v) is 2.76. The van der Waals surface area contributed by atoms with Crippen LogP contribution in [0.25, 0.3) is 0 Å². The normalized spacial score (nSPS) is 10.1. The number of aromatic nitrogens is 1. The Morgan fingerprint density at radius 2 is 2.15 bits per heavy atom. The summed E-state index contributed by atoms with van der Waals surface area (Å²) < 4.78 is 0. The maximum atomic E-state index is 11.8. The van der Waals surface area contributed by atoms with Crippen molar-refractivity contribution in [2.45, 2.75) is 20.8 Å². The van der Waals surface area contributed by atoms with Crippen molar-refractivity contribution in [1.82, 2.24) is 9.88 Å². The van der Waals surface area contributed by atoms with E-state index in [2.05, 4.69) is 4.98 Å². The molecule has 0 bridgehead atoms. The number of nitrogens with zero attached hydrogens (tertiary/aromatic N) is 2. The lowest BCUT2D eigenvalue weighted by atomic mass is 10.3. The highest BCUT2D eigenvalue weighted by atomic mass is 32.1. The van der Waals surface area contributed by atoms with Crippen LogP contribution in [-0.2, 0) is 0 Å². The summed E-state index contributed by atoms with van der Waals surface area (Å²) in [6, 6.07) is 0. The van der Waals surface area contributed by atoms with Gasteiger partial charge in [-0.2, -0.15) is 0 Å². The van der Waals surface area contributed by atoms with Gasteiger partial charge in [-0.1, -0.05) is 0 Å². The van der Waals surface area contributed by atoms with Crippen LogP contribution < -0.4 is 0 Å². The van der Waals surface area contributed by atoms with Gasteiger partial charge in [0.1, 0.15) is 5.69 Å². The van der Waals surface area contributed by atoms with Crippen LogP contribution in [0.15, 0.2) is 5.51 Å². The van der Waals surface area contributed by atoms with Crippen LogP contribution >= 0.6 is 11.3 Å². The molecule has 0 fully saturated rings. The molecule has 0 aromatic carbocycles. The molecule has 72 valence electrons. The van der Waals surface area contributed by atoms with Gasteiger partial charge < -0.3 is 4.90 Å². The second kappa shape index (κ2) is 4.37. The van der Waals surface area contributed by atoms with Gasteiger partial charge in [-0.15, -0.1) is 11.3 Å². The largest absolute Gasteiger partial charge is 0.338 e. The van der Waals surface area contributed by atoms with Gasteiger partial charge in [0, 0.05) is 18.0 Å². The van der Waals surface area contributed by atoms with Crippen LogP contribution in [0.1, 0.15) is 29.2 Å². The first-order valence-electron chi connectivity index (χ1n) is 4.40. The molecule has 1 rings (SSSR count). The minimum atomic E-state index is 0.0451. The maximum absolute atomic E-state index is 11.8. The van der Waals surface area contributed by atoms with Gasteiger partial charge in [-0.05, 0) is 20.8 Å². The smallest absolute Gasteiger partial charge is 0.273 e. The van der Waals surface area contributed by atoms with E-state index in [0.717, 1.165) is 18.0 Å². The standard InChI is InChI=1S/C9H14N2OS/c1-4-11(5-2)9(12)8-7(3)13-6-10-8/h6H,4-5H2,1-3H3. The van der Waals surface area contributed by atoms with Crippen LogP contribution in [0.5, 0.6) is 0 Å². The Bertz CT molecular complexity index is 292. The van der Waals surface area contributed by atoms with Gasteiger partial charge in [-0.3, -0.25) is 4.79 Å². The van der Waals surface area contributed by atoms with Crippen molar-refractivity contribution in [2.24, 2.45) is 0 Å². The van der Waals surface area contributed by atoms with E-state index < -0.39 is 0 Å². The molecule has 0 radical (unpaired) electrons. The number of amides is 1. The summed E-state index contributed by atoms with van der Waals surface area (Å²) in [5.41, 5.74) is 2.32. The first-order chi connectivity index (χ1) is 6.20. The zero-order valence-corrected chi connectivity index (χ0v) is 9.02. The monoisotopic (exact) mass is 198 g/mol. The van der Waals surface area contributed by atoms with Crippen molar-refractivity contribution in [3.05, 3.63) is 16.1 Å². The third kappa shape index (κ3) is 2.06. The quantitative estimate of drug-likeness (QED) is 0.743. The van der Waals surface area contributed by atoms with E-state index in [1.54, 1.807) is 10.4 Å². The fourth-order valence-corrected chi connectivity index (χ4v) is 1.74. The number of rotatable bonds is 3. The van der Waals surface area contributed by atoms with Crippen LogP contribution in [0.4, 0.5) is 0 Å². The average molecular weight is 198 g/mol. The summed E-state index contributed by atoms with van der Waals surface area (Å²) in [5.74, 6) is 0.0451. The molecule has 3 nitrogen and oxygen atoms in total. The highest BCUT2D eigenvalue weighted by Gasteiger charge is 2.16. The molecule has 0 atom stereocenters. The molecule has 13 heavy (non-hydrogen) atoms. The molecular weight excluding hydrogens is 184 g/mol. The molecule has 0 aliphatic carbocycles. The van der Waals surface area contributed by atoms with Crippen molar-refractivity contribution in [2.75, 3.05) is 13.1 Å². The summed E-state index contributed by atoms with van der Waals surface area (Å²) in [7, 11) is 0. The molecular formula is C9H14N2OS. The molecule has 1 aromatic heterocycles. The highest BCUT2D eigenvalue weighted by molar-refractivity contribution is 7.09. The van der Waals surface area contributed by atoms with Gasteiger partial charge in [0.15, 0.2) is 0 Å². The van der Waals surface area contributed by atoms with Gasteiger partial charge in [0.05, 0.1) is 5.51 Å². The molecule has 0 saturated heterocycles. The lowest BCUT2D eigenvalue weighted by Crippen LogP contribution is -2.31. The molecule has 4 heteroatoms. The number of carbonyl (C=O) groups is 1. The van der Waals surface area contributed by atoms with E-state index in [-0.39, 0.29) is 5.91 Å². The lowest BCUT2D eigenvalue weighted by Gasteiger charge is -2.17. The molecule has 0 spiro atoms. The predicted molar refractivity (Wildman–Crippen MR) is 54.1 cm³/mol. The van der Waals surface area contributed by atoms with E-state index in [1.165, 1.54) is 11.3 Å². The second-order valence-corrected chi connectivity index (χ2v) is 3.79. The summed E-state index contributed by atoms with van der Waals surface area (Å²) >= 11 is 1.51. The zero-order valence-electron chi connectivity index (χ0n) is 8.20. The number of aryl methyl sites for hydroxylation is 1. The molecule has 1 aromatic rings. The van der Waals surface area contributed by atoms with Crippen LogP contribution in [-0.4, -0.2) is 28.9 Å². The van der Waals surface area contributed by atoms with Crippen molar-refractivity contribution < 1.29 is 4.79 Å². The number of thiazole rings is 1. The lowest BCUT2D eigenvalue weighted by molar-refractivity contribution is 0.0767. The van der Waals surface area contributed by atoms with Crippen molar-refractivity contribution in [3.8, 4) is 0 Å². The first-order valence-corrected chi connectivity index (χ1v) is 5.28. The third-order valence-electron chi connectivity index (χ3n) is 2.00. The van der Waals surface area contributed by atoms with E-state index >= 15 is 0 Å². The molecule has 0 N–H and O–H groups in total. The fraction of sp³-hybridized carbons (Fsp3) is 0.556. The van der Waals surface area contributed by atoms with Gasteiger partial charge >= 0.3 is 0 Å². The topological polar surface area (TPSA) is 33.2 Å². The summed E-state index contributed by atoms with van der Waals surface area (Å²) in [6.45, 7) is 7.36. The summed E-state index contributed by atoms with van der Waals surface area (Å²) in [6.07, 6.45) is 0. The Labute approximate surface area is 82.4 Å². The minimum absolute atomic E-state index is 0.0451. The maximum Gasteiger partial charge on any atom is 0.273 e. The number of hydrogen-bond donors (Lipinski definition) is 0. The second-order valence-electron chi connectivity index (χ2n) is 2.73. The fourth-order valence-electron chi connectivity index (χ4n) is 1.17. The predicted octanol–water partition coefficient (Wildman–Crippen LogP) is 1.93. The molecule has 0 unspecified atom stereocenters. The average Bonchev–Trinajstić information content (AvgIpc) is 2.53. The summed E-state index contributed by atoms with van der Waals surface area (Å²) in [5, 5.41) is 0. The van der Waals surface area contributed by atoms with E-state index in [4.69, 9.17) is 0 Å². The Balaban J connectivity index is 2.84. The SMILES string of the molecule is CCN(CC)C(=O)c1ncsc1C. The molecule has 0 aliphatic rings. The summed E-state index contributed by atoms with van der Waals surface area (Å²) in [4.78, 5) is 18.6. The number of hydrogen-bond acceptors (Lipinski definition) is 3. The molecule has 0 aliphatic heterocycles. The minimum Gasteiger partial charge on any atom is -0.338 e. The number of carbonyl (C=O) groups excluding carboxylic acids is 1. The van der Waals surface area contributed by atoms with Crippen molar-refractivity contribution in [3.63, 3.8) is 0 Å². The van der Waals surface area contributed by atoms with Crippen molar-refractivity contribution in [1.29, 1.82) is 0 Å². The van der Waals surface area contributed by atoms with Crippen LogP contribution in [0.2, 0.25) is 0 Å². The van der Waals surface area contributed by atoms with Gasteiger partial charge in [0.2, 0.25) is 0 Å².